The molecule has 70 valence electrons. The van der Waals surface area contributed by atoms with E-state index in [2.05, 4.69) is 40.7 Å². The van der Waals surface area contributed by atoms with Gasteiger partial charge < -0.3 is 0 Å². The SMILES string of the molecule is C#CCC(c1cnc(Br)s1)C(C)C. The summed E-state index contributed by atoms with van der Waals surface area (Å²) >= 11 is 5.03. The average molecular weight is 258 g/mol. The second-order valence-corrected chi connectivity index (χ2v) is 5.61. The normalized spacial score (nSPS) is 12.8. The molecule has 1 nitrogen and oxygen atoms in total. The van der Waals surface area contributed by atoms with Crippen LogP contribution in [0.3, 0.4) is 0 Å². The number of aromatic nitrogens is 1. The summed E-state index contributed by atoms with van der Waals surface area (Å²) in [5.41, 5.74) is 0. The van der Waals surface area contributed by atoms with Crippen molar-refractivity contribution in [2.24, 2.45) is 5.92 Å². The molecule has 0 radical (unpaired) electrons. The first-order valence-electron chi connectivity index (χ1n) is 4.19. The standard InChI is InChI=1S/C10H12BrNS/c1-4-5-8(7(2)3)9-6-12-10(11)13-9/h1,6-8H,5H2,2-3H3. The Hall–Kier alpha value is -0.330. The Morgan fingerprint density at radius 2 is 2.38 bits per heavy atom. The number of terminal acetylenes is 1. The number of nitrogens with zero attached hydrogens (tertiary/aromatic N) is 1. The molecule has 0 spiro atoms. The van der Waals surface area contributed by atoms with Gasteiger partial charge in [0.15, 0.2) is 3.92 Å². The molecule has 0 aromatic carbocycles. The molecule has 1 heterocycles. The van der Waals surface area contributed by atoms with Crippen molar-refractivity contribution in [2.45, 2.75) is 26.2 Å². The smallest absolute Gasteiger partial charge is 0.159 e. The largest absolute Gasteiger partial charge is 0.237 e. The quantitative estimate of drug-likeness (QED) is 0.754. The average Bonchev–Trinajstić information content (AvgIpc) is 2.46. The highest BCUT2D eigenvalue weighted by Gasteiger charge is 2.16. The molecule has 0 bridgehead atoms. The van der Waals surface area contributed by atoms with E-state index in [9.17, 15) is 0 Å². The third-order valence-corrected chi connectivity index (χ3v) is 3.61. The summed E-state index contributed by atoms with van der Waals surface area (Å²) in [4.78, 5) is 5.45. The van der Waals surface area contributed by atoms with E-state index in [0.717, 1.165) is 10.3 Å². The second-order valence-electron chi connectivity index (χ2n) is 3.27. The van der Waals surface area contributed by atoms with Gasteiger partial charge >= 0.3 is 0 Å². The Morgan fingerprint density at radius 1 is 1.69 bits per heavy atom. The zero-order valence-corrected chi connectivity index (χ0v) is 10.2. The van der Waals surface area contributed by atoms with Gasteiger partial charge in [-0.05, 0) is 21.8 Å². The first-order chi connectivity index (χ1) is 6.15. The van der Waals surface area contributed by atoms with Crippen molar-refractivity contribution in [3.05, 3.63) is 15.0 Å². The minimum atomic E-state index is 0.453. The van der Waals surface area contributed by atoms with Crippen molar-refractivity contribution in [3.8, 4) is 12.3 Å². The number of hydrogen-bond donors (Lipinski definition) is 0. The zero-order valence-electron chi connectivity index (χ0n) is 7.75. The molecule has 0 N–H and O–H groups in total. The summed E-state index contributed by atoms with van der Waals surface area (Å²) in [5, 5.41) is 0. The summed E-state index contributed by atoms with van der Waals surface area (Å²) in [6.07, 6.45) is 8.05. The van der Waals surface area contributed by atoms with Crippen LogP contribution in [0.1, 0.15) is 31.1 Å². The summed E-state index contributed by atoms with van der Waals surface area (Å²) in [5.74, 6) is 3.75. The third kappa shape index (κ3) is 2.82. The molecule has 0 amide bonds. The van der Waals surface area contributed by atoms with E-state index in [0.29, 0.717) is 11.8 Å². The van der Waals surface area contributed by atoms with Crippen molar-refractivity contribution in [1.29, 1.82) is 0 Å². The van der Waals surface area contributed by atoms with Crippen LogP contribution in [-0.2, 0) is 0 Å². The molecule has 13 heavy (non-hydrogen) atoms. The molecule has 1 unspecified atom stereocenters. The number of rotatable bonds is 3. The summed E-state index contributed by atoms with van der Waals surface area (Å²) in [7, 11) is 0. The molecule has 0 aliphatic carbocycles. The van der Waals surface area contributed by atoms with Crippen LogP contribution in [0.5, 0.6) is 0 Å². The molecule has 0 aliphatic rings. The van der Waals surface area contributed by atoms with Crippen LogP contribution in [0, 0.1) is 18.3 Å². The first-order valence-corrected chi connectivity index (χ1v) is 5.80. The van der Waals surface area contributed by atoms with E-state index in [1.807, 2.05) is 6.20 Å². The van der Waals surface area contributed by atoms with Gasteiger partial charge in [-0.25, -0.2) is 4.98 Å². The fraction of sp³-hybridized carbons (Fsp3) is 0.500. The van der Waals surface area contributed by atoms with Crippen LogP contribution < -0.4 is 0 Å². The van der Waals surface area contributed by atoms with Crippen LogP contribution in [0.15, 0.2) is 10.1 Å². The van der Waals surface area contributed by atoms with Crippen molar-refractivity contribution >= 4 is 27.3 Å². The molecule has 0 aliphatic heterocycles. The fourth-order valence-corrected chi connectivity index (χ4v) is 2.80. The van der Waals surface area contributed by atoms with Crippen LogP contribution in [0.4, 0.5) is 0 Å². The summed E-state index contributed by atoms with van der Waals surface area (Å²) in [6.45, 7) is 4.38. The second kappa shape index (κ2) is 4.78. The Morgan fingerprint density at radius 3 is 2.77 bits per heavy atom. The molecule has 1 atom stereocenters. The van der Waals surface area contributed by atoms with Gasteiger partial charge in [-0.15, -0.1) is 23.7 Å². The predicted molar refractivity (Wildman–Crippen MR) is 60.8 cm³/mol. The third-order valence-electron chi connectivity index (χ3n) is 2.00. The van der Waals surface area contributed by atoms with Crippen LogP contribution >= 0.6 is 27.3 Å². The number of thiazole rings is 1. The Labute approximate surface area is 91.7 Å². The van der Waals surface area contributed by atoms with Crippen molar-refractivity contribution in [1.82, 2.24) is 4.98 Å². The lowest BCUT2D eigenvalue weighted by Gasteiger charge is -2.15. The molecule has 1 rings (SSSR count). The highest BCUT2D eigenvalue weighted by molar-refractivity contribution is 9.11. The van der Waals surface area contributed by atoms with Gasteiger partial charge in [0.1, 0.15) is 0 Å². The van der Waals surface area contributed by atoms with E-state index in [1.54, 1.807) is 11.3 Å². The maximum atomic E-state index is 5.33. The van der Waals surface area contributed by atoms with Crippen molar-refractivity contribution < 1.29 is 0 Å². The van der Waals surface area contributed by atoms with Gasteiger partial charge in [0.2, 0.25) is 0 Å². The highest BCUT2D eigenvalue weighted by atomic mass is 79.9. The molecule has 0 fully saturated rings. The summed E-state index contributed by atoms with van der Waals surface area (Å²) < 4.78 is 0.935. The van der Waals surface area contributed by atoms with Crippen LogP contribution in [-0.4, -0.2) is 4.98 Å². The molecule has 1 aromatic heterocycles. The van der Waals surface area contributed by atoms with E-state index in [4.69, 9.17) is 6.42 Å². The van der Waals surface area contributed by atoms with Gasteiger partial charge in [0, 0.05) is 23.4 Å². The van der Waals surface area contributed by atoms with Gasteiger partial charge in [0.05, 0.1) is 0 Å². The molecule has 0 saturated heterocycles. The maximum absolute atomic E-state index is 5.33. The molecule has 0 saturated carbocycles. The van der Waals surface area contributed by atoms with Crippen LogP contribution in [0.2, 0.25) is 0 Å². The van der Waals surface area contributed by atoms with E-state index < -0.39 is 0 Å². The Bertz CT molecular complexity index is 311. The predicted octanol–water partition coefficient (Wildman–Crippen LogP) is 3.67. The highest BCUT2D eigenvalue weighted by Crippen LogP contribution is 2.33. The van der Waals surface area contributed by atoms with Gasteiger partial charge in [-0.2, -0.15) is 0 Å². The minimum absolute atomic E-state index is 0.453. The van der Waals surface area contributed by atoms with E-state index >= 15 is 0 Å². The molecular weight excluding hydrogens is 246 g/mol. The molecule has 3 heteroatoms. The van der Waals surface area contributed by atoms with E-state index in [1.165, 1.54) is 4.88 Å². The lowest BCUT2D eigenvalue weighted by molar-refractivity contribution is 0.514. The van der Waals surface area contributed by atoms with Gasteiger partial charge in [0.25, 0.3) is 0 Å². The Balaban J connectivity index is 2.83. The minimum Gasteiger partial charge on any atom is -0.237 e. The van der Waals surface area contributed by atoms with Gasteiger partial charge in [-0.1, -0.05) is 13.8 Å². The van der Waals surface area contributed by atoms with Crippen molar-refractivity contribution in [3.63, 3.8) is 0 Å². The topological polar surface area (TPSA) is 12.9 Å². The zero-order chi connectivity index (χ0) is 9.84. The first kappa shape index (κ1) is 10.7. The Kier molecular flexibility index (Phi) is 3.95. The number of hydrogen-bond acceptors (Lipinski definition) is 2. The number of halogens is 1. The maximum Gasteiger partial charge on any atom is 0.159 e. The summed E-state index contributed by atoms with van der Waals surface area (Å²) in [6, 6.07) is 0. The van der Waals surface area contributed by atoms with E-state index in [-0.39, 0.29) is 0 Å². The lowest BCUT2D eigenvalue weighted by atomic mass is 9.92. The lowest BCUT2D eigenvalue weighted by Crippen LogP contribution is -2.03. The molecule has 1 aromatic rings. The van der Waals surface area contributed by atoms with Crippen molar-refractivity contribution in [2.75, 3.05) is 0 Å². The van der Waals surface area contributed by atoms with Gasteiger partial charge in [-0.3, -0.25) is 0 Å². The van der Waals surface area contributed by atoms with Crippen LogP contribution in [0.25, 0.3) is 0 Å². The molecular formula is C10H12BrNS. The fourth-order valence-electron chi connectivity index (χ4n) is 1.23. The monoisotopic (exact) mass is 257 g/mol.